The highest BCUT2D eigenvalue weighted by molar-refractivity contribution is 6.31. The summed E-state index contributed by atoms with van der Waals surface area (Å²) >= 11 is 6.28. The molecular formula is C23H20ClN7O4. The quantitative estimate of drug-likeness (QED) is 0.332. The highest BCUT2D eigenvalue weighted by atomic mass is 35.5. The molecule has 1 atom stereocenters. The van der Waals surface area contributed by atoms with Crippen LogP contribution in [0, 0.1) is 10.1 Å². The van der Waals surface area contributed by atoms with Gasteiger partial charge in [0.1, 0.15) is 5.82 Å². The molecule has 0 saturated carbocycles. The number of hydrogen-bond acceptors (Lipinski definition) is 7. The van der Waals surface area contributed by atoms with E-state index in [2.05, 4.69) is 20.3 Å². The number of likely N-dealkylation sites (tertiary alicyclic amines) is 1. The zero-order chi connectivity index (χ0) is 24.5. The third kappa shape index (κ3) is 4.50. The van der Waals surface area contributed by atoms with Gasteiger partial charge in [0.15, 0.2) is 11.2 Å². The molecule has 2 aromatic heterocycles. The summed E-state index contributed by atoms with van der Waals surface area (Å²) in [7, 11) is 0. The molecule has 178 valence electrons. The number of piperidine rings is 1. The molecule has 0 spiro atoms. The number of amides is 1. The van der Waals surface area contributed by atoms with Crippen molar-refractivity contribution in [2.45, 2.75) is 25.3 Å². The lowest BCUT2D eigenvalue weighted by atomic mass is 9.96. The molecule has 1 N–H and O–H groups in total. The number of non-ortho nitro benzene ring substituents is 1. The first-order valence-electron chi connectivity index (χ1n) is 11.0. The molecule has 5 rings (SSSR count). The molecule has 0 bridgehead atoms. The average molecular weight is 494 g/mol. The molecule has 2 aromatic carbocycles. The van der Waals surface area contributed by atoms with Crippen LogP contribution in [0.15, 0.2) is 53.3 Å². The van der Waals surface area contributed by atoms with Crippen molar-refractivity contribution < 1.29 is 9.72 Å². The van der Waals surface area contributed by atoms with Crippen molar-refractivity contribution in [2.24, 2.45) is 0 Å². The molecule has 1 aliphatic heterocycles. The van der Waals surface area contributed by atoms with Gasteiger partial charge >= 0.3 is 0 Å². The van der Waals surface area contributed by atoms with E-state index >= 15 is 0 Å². The molecule has 11 nitrogen and oxygen atoms in total. The SMILES string of the molecule is O=C(c1cccc([N+](=O)[O-])c1)N1CCC[C@H](c2nc3c(nnn3Cc3ccccc3Cl)c(=O)[nH]2)C1. The van der Waals surface area contributed by atoms with Crippen molar-refractivity contribution >= 4 is 34.4 Å². The van der Waals surface area contributed by atoms with E-state index in [0.717, 1.165) is 12.0 Å². The number of aromatic amines is 1. The summed E-state index contributed by atoms with van der Waals surface area (Å²) < 4.78 is 1.53. The number of H-pyrrole nitrogens is 1. The van der Waals surface area contributed by atoms with E-state index in [0.29, 0.717) is 42.5 Å². The Hall–Kier alpha value is -4.12. The van der Waals surface area contributed by atoms with Crippen LogP contribution in [0.4, 0.5) is 5.69 Å². The van der Waals surface area contributed by atoms with E-state index in [1.54, 1.807) is 17.0 Å². The molecule has 0 aliphatic carbocycles. The minimum absolute atomic E-state index is 0.126. The Morgan fingerprint density at radius 3 is 2.86 bits per heavy atom. The molecule has 0 unspecified atom stereocenters. The predicted octanol–water partition coefficient (Wildman–Crippen LogP) is 3.14. The van der Waals surface area contributed by atoms with E-state index in [4.69, 9.17) is 11.6 Å². The van der Waals surface area contributed by atoms with Gasteiger partial charge in [-0.05, 0) is 30.5 Å². The zero-order valence-electron chi connectivity index (χ0n) is 18.4. The van der Waals surface area contributed by atoms with Crippen LogP contribution in [0.3, 0.4) is 0 Å². The number of carbonyl (C=O) groups is 1. The lowest BCUT2D eigenvalue weighted by Gasteiger charge is -2.32. The topological polar surface area (TPSA) is 140 Å². The van der Waals surface area contributed by atoms with Crippen LogP contribution in [0.1, 0.15) is 40.5 Å². The normalized spacial score (nSPS) is 15.9. The van der Waals surface area contributed by atoms with Gasteiger partial charge < -0.3 is 9.88 Å². The minimum Gasteiger partial charge on any atom is -0.338 e. The van der Waals surface area contributed by atoms with Gasteiger partial charge in [-0.25, -0.2) is 9.67 Å². The van der Waals surface area contributed by atoms with Crippen molar-refractivity contribution in [3.63, 3.8) is 0 Å². The van der Waals surface area contributed by atoms with Gasteiger partial charge in [0.2, 0.25) is 0 Å². The lowest BCUT2D eigenvalue weighted by molar-refractivity contribution is -0.384. The largest absolute Gasteiger partial charge is 0.338 e. The maximum absolute atomic E-state index is 13.1. The molecule has 3 heterocycles. The van der Waals surface area contributed by atoms with E-state index < -0.39 is 10.5 Å². The Labute approximate surface area is 203 Å². The first kappa shape index (κ1) is 22.7. The van der Waals surface area contributed by atoms with Crippen LogP contribution in [-0.2, 0) is 6.54 Å². The lowest BCUT2D eigenvalue weighted by Crippen LogP contribution is -2.40. The van der Waals surface area contributed by atoms with Gasteiger partial charge in [-0.3, -0.25) is 19.7 Å². The monoisotopic (exact) mass is 493 g/mol. The number of carbonyl (C=O) groups excluding carboxylic acids is 1. The number of nitro groups is 1. The minimum atomic E-state index is -0.528. The summed E-state index contributed by atoms with van der Waals surface area (Å²) in [5.41, 5.74) is 0.986. The van der Waals surface area contributed by atoms with Crippen LogP contribution in [0.25, 0.3) is 11.2 Å². The van der Waals surface area contributed by atoms with Crippen LogP contribution in [-0.4, -0.2) is 53.8 Å². The standard InChI is InChI=1S/C23H20ClN7O4/c24-18-9-2-1-5-15(18)13-30-21-19(27-28-30)22(32)26-20(25-21)16-7-4-10-29(12-16)23(33)14-6-3-8-17(11-14)31(34)35/h1-3,5-6,8-9,11,16H,4,7,10,12-13H2,(H,25,26,32)/t16-/m0/s1. The Bertz CT molecular complexity index is 1500. The second-order valence-corrected chi connectivity index (χ2v) is 8.77. The van der Waals surface area contributed by atoms with Crippen LogP contribution in [0.2, 0.25) is 5.02 Å². The summed E-state index contributed by atoms with van der Waals surface area (Å²) in [4.78, 5) is 45.4. The van der Waals surface area contributed by atoms with Crippen LogP contribution in [0.5, 0.6) is 0 Å². The summed E-state index contributed by atoms with van der Waals surface area (Å²) in [6.45, 7) is 1.13. The number of nitro benzene ring substituents is 1. The van der Waals surface area contributed by atoms with Gasteiger partial charge in [-0.15, -0.1) is 5.10 Å². The van der Waals surface area contributed by atoms with Crippen molar-refractivity contribution in [3.05, 3.63) is 91.0 Å². The number of hydrogen-bond donors (Lipinski definition) is 1. The molecule has 1 fully saturated rings. The number of benzene rings is 2. The highest BCUT2D eigenvalue weighted by Crippen LogP contribution is 2.27. The molecule has 12 heteroatoms. The average Bonchev–Trinajstić information content (AvgIpc) is 3.28. The van der Waals surface area contributed by atoms with Gasteiger partial charge in [-0.2, -0.15) is 0 Å². The molecule has 1 aliphatic rings. The Morgan fingerprint density at radius 2 is 2.06 bits per heavy atom. The first-order chi connectivity index (χ1) is 16.9. The zero-order valence-corrected chi connectivity index (χ0v) is 19.2. The molecular weight excluding hydrogens is 474 g/mol. The van der Waals surface area contributed by atoms with E-state index in [1.807, 2.05) is 18.2 Å². The molecule has 0 radical (unpaired) electrons. The Morgan fingerprint density at radius 1 is 1.23 bits per heavy atom. The summed E-state index contributed by atoms with van der Waals surface area (Å²) in [5.74, 6) is -0.0684. The number of fused-ring (bicyclic) bond motifs is 1. The Kier molecular flexibility index (Phi) is 6.00. The van der Waals surface area contributed by atoms with Gasteiger partial charge in [0.05, 0.1) is 11.5 Å². The van der Waals surface area contributed by atoms with Crippen LogP contribution >= 0.6 is 11.6 Å². The molecule has 1 amide bonds. The third-order valence-corrected chi connectivity index (χ3v) is 6.44. The van der Waals surface area contributed by atoms with E-state index in [-0.39, 0.29) is 28.6 Å². The third-order valence-electron chi connectivity index (χ3n) is 6.07. The predicted molar refractivity (Wildman–Crippen MR) is 127 cm³/mol. The smallest absolute Gasteiger partial charge is 0.281 e. The van der Waals surface area contributed by atoms with Crippen molar-refractivity contribution in [3.8, 4) is 0 Å². The van der Waals surface area contributed by atoms with E-state index in [9.17, 15) is 19.7 Å². The number of nitrogens with zero attached hydrogens (tertiary/aromatic N) is 6. The van der Waals surface area contributed by atoms with Crippen molar-refractivity contribution in [1.82, 2.24) is 29.9 Å². The van der Waals surface area contributed by atoms with Crippen LogP contribution < -0.4 is 5.56 Å². The fourth-order valence-electron chi connectivity index (χ4n) is 4.29. The second-order valence-electron chi connectivity index (χ2n) is 8.36. The van der Waals surface area contributed by atoms with Crippen molar-refractivity contribution in [2.75, 3.05) is 13.1 Å². The number of halogens is 1. The van der Waals surface area contributed by atoms with Gasteiger partial charge in [-0.1, -0.05) is 41.1 Å². The number of rotatable bonds is 5. The van der Waals surface area contributed by atoms with Crippen molar-refractivity contribution in [1.29, 1.82) is 0 Å². The summed E-state index contributed by atoms with van der Waals surface area (Å²) in [6.07, 6.45) is 1.42. The highest BCUT2D eigenvalue weighted by Gasteiger charge is 2.28. The van der Waals surface area contributed by atoms with E-state index in [1.165, 1.54) is 22.9 Å². The second kappa shape index (κ2) is 9.26. The van der Waals surface area contributed by atoms with Gasteiger partial charge in [0, 0.05) is 41.7 Å². The molecule has 35 heavy (non-hydrogen) atoms. The summed E-state index contributed by atoms with van der Waals surface area (Å²) in [6, 6.07) is 13.0. The molecule has 4 aromatic rings. The van der Waals surface area contributed by atoms with Gasteiger partial charge in [0.25, 0.3) is 17.2 Å². The fourth-order valence-corrected chi connectivity index (χ4v) is 4.49. The number of aromatic nitrogens is 5. The Balaban J connectivity index is 1.42. The first-order valence-corrected chi connectivity index (χ1v) is 11.4. The summed E-state index contributed by atoms with van der Waals surface area (Å²) in [5, 5.41) is 19.7. The maximum atomic E-state index is 13.1. The number of nitrogens with one attached hydrogen (secondary N) is 1. The fraction of sp³-hybridized carbons (Fsp3) is 0.261. The molecule has 1 saturated heterocycles. The maximum Gasteiger partial charge on any atom is 0.281 e.